The number of nitrogens with zero attached hydrogens (tertiary/aromatic N) is 2. The largest absolute Gasteiger partial charge is 0.339 e. The molecule has 2 amide bonds. The zero-order valence-electron chi connectivity index (χ0n) is 15.7. The predicted molar refractivity (Wildman–Crippen MR) is 113 cm³/mol. The smallest absolute Gasteiger partial charge is 0.246 e. The number of rotatable bonds is 3. The van der Waals surface area contributed by atoms with Crippen molar-refractivity contribution in [1.82, 2.24) is 9.88 Å². The first kappa shape index (κ1) is 18.6. The highest BCUT2D eigenvalue weighted by Crippen LogP contribution is 2.23. The second-order valence-corrected chi connectivity index (χ2v) is 8.13. The average molecular weight is 394 g/mol. The van der Waals surface area contributed by atoms with Crippen LogP contribution in [-0.2, 0) is 16.0 Å². The fraction of sp³-hybridized carbons (Fsp3) is 0.318. The summed E-state index contributed by atoms with van der Waals surface area (Å²) in [6.07, 6.45) is 11.4. The van der Waals surface area contributed by atoms with Crippen molar-refractivity contribution >= 4 is 41.1 Å². The molecule has 28 heavy (non-hydrogen) atoms. The fourth-order valence-electron chi connectivity index (χ4n) is 3.56. The van der Waals surface area contributed by atoms with E-state index in [0.717, 1.165) is 49.9 Å². The molecular weight excluding hydrogens is 370 g/mol. The van der Waals surface area contributed by atoms with Gasteiger partial charge in [0.2, 0.25) is 11.8 Å². The lowest BCUT2D eigenvalue weighted by Gasteiger charge is -2.27. The summed E-state index contributed by atoms with van der Waals surface area (Å²) in [5.41, 5.74) is 3.33. The van der Waals surface area contributed by atoms with Crippen LogP contribution in [0.2, 0.25) is 0 Å². The molecule has 1 N–H and O–H groups in total. The molecule has 2 aromatic heterocycles. The van der Waals surface area contributed by atoms with E-state index in [2.05, 4.69) is 33.9 Å². The van der Waals surface area contributed by atoms with Crippen LogP contribution in [-0.4, -0.2) is 34.8 Å². The van der Waals surface area contributed by atoms with Crippen molar-refractivity contribution in [2.24, 2.45) is 0 Å². The third-order valence-electron chi connectivity index (χ3n) is 5.12. The minimum Gasteiger partial charge on any atom is -0.339 e. The maximum Gasteiger partial charge on any atom is 0.246 e. The van der Waals surface area contributed by atoms with Crippen molar-refractivity contribution in [3.05, 3.63) is 57.4 Å². The highest BCUT2D eigenvalue weighted by atomic mass is 32.1. The van der Waals surface area contributed by atoms with Gasteiger partial charge in [-0.05, 0) is 66.5 Å². The Morgan fingerprint density at radius 2 is 2.07 bits per heavy atom. The molecule has 0 unspecified atom stereocenters. The maximum atomic E-state index is 12.5. The molecule has 2 aliphatic heterocycles. The molecule has 6 heteroatoms. The summed E-state index contributed by atoms with van der Waals surface area (Å²) >= 11 is 1.74. The van der Waals surface area contributed by atoms with Gasteiger partial charge in [0.15, 0.2) is 0 Å². The van der Waals surface area contributed by atoms with Gasteiger partial charge in [0.05, 0.1) is 0 Å². The van der Waals surface area contributed by atoms with Crippen molar-refractivity contribution in [2.45, 2.75) is 32.1 Å². The Morgan fingerprint density at radius 3 is 2.86 bits per heavy atom. The summed E-state index contributed by atoms with van der Waals surface area (Å²) in [5, 5.41) is 4.92. The maximum absolute atomic E-state index is 12.5. The molecule has 0 saturated carbocycles. The fourth-order valence-corrected chi connectivity index (χ4v) is 4.27. The number of fused-ring (bicyclic) bond motifs is 1. The van der Waals surface area contributed by atoms with Gasteiger partial charge in [-0.1, -0.05) is 11.6 Å². The standard InChI is InChI=1S/C22H23N3O2S/c26-20-5-1-3-18-13-17(15-23-22(18)24-20)6-7-21(27)25-10-8-16(9-11-25)14-19-4-2-12-28-19/h2,4,6-7,12-15H,1,3,5,8-11H2,(H,23,24,26)/b7-6+. The number of piperidine rings is 1. The van der Waals surface area contributed by atoms with Gasteiger partial charge < -0.3 is 10.2 Å². The van der Waals surface area contributed by atoms with E-state index in [1.807, 2.05) is 17.0 Å². The number of aromatic nitrogens is 1. The predicted octanol–water partition coefficient (Wildman–Crippen LogP) is 4.14. The van der Waals surface area contributed by atoms with E-state index in [4.69, 9.17) is 0 Å². The van der Waals surface area contributed by atoms with Crippen molar-refractivity contribution in [2.75, 3.05) is 18.4 Å². The molecule has 144 valence electrons. The third kappa shape index (κ3) is 4.57. The monoisotopic (exact) mass is 393 g/mol. The molecule has 2 aliphatic rings. The molecule has 0 radical (unpaired) electrons. The number of anilines is 1. The highest BCUT2D eigenvalue weighted by molar-refractivity contribution is 7.10. The molecular formula is C22H23N3O2S. The zero-order valence-corrected chi connectivity index (χ0v) is 16.5. The van der Waals surface area contributed by atoms with E-state index in [9.17, 15) is 9.59 Å². The van der Waals surface area contributed by atoms with Crippen LogP contribution in [0.5, 0.6) is 0 Å². The summed E-state index contributed by atoms with van der Waals surface area (Å²) in [6.45, 7) is 1.52. The number of pyridine rings is 1. The van der Waals surface area contributed by atoms with Crippen molar-refractivity contribution < 1.29 is 9.59 Å². The Kier molecular flexibility index (Phi) is 5.67. The molecule has 0 bridgehead atoms. The topological polar surface area (TPSA) is 62.3 Å². The Balaban J connectivity index is 1.36. The van der Waals surface area contributed by atoms with E-state index in [1.54, 1.807) is 23.6 Å². The average Bonchev–Trinajstić information content (AvgIpc) is 3.14. The summed E-state index contributed by atoms with van der Waals surface area (Å²) < 4.78 is 0. The SMILES string of the molecule is O=C1CCCc2cc(/C=C/C(=O)N3CCC(=Cc4cccs4)CC3)cnc2N1. The van der Waals surface area contributed by atoms with Crippen molar-refractivity contribution in [3.63, 3.8) is 0 Å². The number of hydrogen-bond acceptors (Lipinski definition) is 4. The van der Waals surface area contributed by atoms with Crippen LogP contribution in [0.4, 0.5) is 5.82 Å². The first-order chi connectivity index (χ1) is 13.7. The first-order valence-corrected chi connectivity index (χ1v) is 10.5. The summed E-state index contributed by atoms with van der Waals surface area (Å²) in [6, 6.07) is 6.19. The lowest BCUT2D eigenvalue weighted by atomic mass is 10.0. The van der Waals surface area contributed by atoms with Crippen molar-refractivity contribution in [3.8, 4) is 0 Å². The number of carbonyl (C=O) groups excluding carboxylic acids is 2. The molecule has 1 fully saturated rings. The molecule has 4 rings (SSSR count). The van der Waals surface area contributed by atoms with E-state index in [-0.39, 0.29) is 11.8 Å². The molecule has 0 spiro atoms. The number of likely N-dealkylation sites (tertiary alicyclic amines) is 1. The van der Waals surface area contributed by atoms with E-state index in [0.29, 0.717) is 12.2 Å². The molecule has 1 saturated heterocycles. The van der Waals surface area contributed by atoms with Gasteiger partial charge in [0.25, 0.3) is 0 Å². The van der Waals surface area contributed by atoms with Gasteiger partial charge in [0.1, 0.15) is 5.82 Å². The van der Waals surface area contributed by atoms with Gasteiger partial charge in [-0.25, -0.2) is 4.98 Å². The summed E-state index contributed by atoms with van der Waals surface area (Å²) in [4.78, 5) is 31.7. The minimum absolute atomic E-state index is 0.0160. The van der Waals surface area contributed by atoms with Crippen LogP contribution < -0.4 is 5.32 Å². The molecule has 4 heterocycles. The van der Waals surface area contributed by atoms with Crippen LogP contribution in [0.25, 0.3) is 12.2 Å². The van der Waals surface area contributed by atoms with Crippen LogP contribution in [0, 0.1) is 0 Å². The Labute approximate surface area is 168 Å². The first-order valence-electron chi connectivity index (χ1n) is 9.66. The van der Waals surface area contributed by atoms with E-state index >= 15 is 0 Å². The van der Waals surface area contributed by atoms with Gasteiger partial charge >= 0.3 is 0 Å². The second-order valence-electron chi connectivity index (χ2n) is 7.15. The normalized spacial score (nSPS) is 17.2. The Bertz CT molecular complexity index is 921. The Morgan fingerprint density at radius 1 is 1.21 bits per heavy atom. The molecule has 2 aromatic rings. The molecule has 0 atom stereocenters. The van der Waals surface area contributed by atoms with Crippen LogP contribution in [0.3, 0.4) is 0 Å². The lowest BCUT2D eigenvalue weighted by molar-refractivity contribution is -0.126. The molecule has 0 aliphatic carbocycles. The summed E-state index contributed by atoms with van der Waals surface area (Å²) in [5.74, 6) is 0.702. The van der Waals surface area contributed by atoms with Crippen LogP contribution in [0.1, 0.15) is 41.7 Å². The number of aryl methyl sites for hydroxylation is 1. The van der Waals surface area contributed by atoms with Crippen LogP contribution in [0.15, 0.2) is 41.4 Å². The van der Waals surface area contributed by atoms with Crippen molar-refractivity contribution in [1.29, 1.82) is 0 Å². The molecule has 0 aromatic carbocycles. The van der Waals surface area contributed by atoms with Gasteiger partial charge in [0, 0.05) is 36.7 Å². The van der Waals surface area contributed by atoms with Gasteiger partial charge in [-0.2, -0.15) is 0 Å². The third-order valence-corrected chi connectivity index (χ3v) is 5.94. The molecule has 5 nitrogen and oxygen atoms in total. The van der Waals surface area contributed by atoms with E-state index in [1.165, 1.54) is 10.5 Å². The van der Waals surface area contributed by atoms with Gasteiger partial charge in [-0.15, -0.1) is 11.3 Å². The summed E-state index contributed by atoms with van der Waals surface area (Å²) in [7, 11) is 0. The highest BCUT2D eigenvalue weighted by Gasteiger charge is 2.17. The Hall–Kier alpha value is -2.73. The van der Waals surface area contributed by atoms with Gasteiger partial charge in [-0.3, -0.25) is 9.59 Å². The number of amides is 2. The number of thiophene rings is 1. The number of nitrogens with one attached hydrogen (secondary N) is 1. The second kappa shape index (κ2) is 8.52. The van der Waals surface area contributed by atoms with Crippen LogP contribution >= 0.6 is 11.3 Å². The number of carbonyl (C=O) groups is 2. The quantitative estimate of drug-likeness (QED) is 0.798. The number of hydrogen-bond donors (Lipinski definition) is 1. The zero-order chi connectivity index (χ0) is 19.3. The minimum atomic E-state index is 0.0160. The van der Waals surface area contributed by atoms with E-state index < -0.39 is 0 Å². The lowest BCUT2D eigenvalue weighted by Crippen LogP contribution is -2.35.